The second kappa shape index (κ2) is 7.00. The van der Waals surface area contributed by atoms with Gasteiger partial charge in [0.15, 0.2) is 0 Å². The van der Waals surface area contributed by atoms with Crippen molar-refractivity contribution in [2.75, 3.05) is 13.7 Å². The monoisotopic (exact) mass is 352 g/mol. The van der Waals surface area contributed by atoms with E-state index >= 15 is 0 Å². The van der Waals surface area contributed by atoms with Crippen LogP contribution in [0.15, 0.2) is 41.3 Å². The van der Waals surface area contributed by atoms with Crippen LogP contribution in [0, 0.1) is 13.8 Å². The predicted molar refractivity (Wildman–Crippen MR) is 99.3 cm³/mol. The van der Waals surface area contributed by atoms with Crippen LogP contribution in [0.2, 0.25) is 0 Å². The Labute approximate surface area is 151 Å². The molecule has 0 aliphatic carbocycles. The number of aryl methyl sites for hydroxylation is 2. The number of nitrogens with zero attached hydrogens (tertiary/aromatic N) is 2. The molecular weight excluding hydrogens is 332 g/mol. The molecule has 26 heavy (non-hydrogen) atoms. The molecule has 0 radical (unpaired) electrons. The highest BCUT2D eigenvalue weighted by atomic mass is 16.5. The predicted octanol–water partition coefficient (Wildman–Crippen LogP) is 3.19. The van der Waals surface area contributed by atoms with Crippen LogP contribution in [0.3, 0.4) is 0 Å². The van der Waals surface area contributed by atoms with Gasteiger partial charge in [-0.1, -0.05) is 0 Å². The SMILES string of the molecule is CCOC(=O)c1c(C)cc2cnn(-c3ccc(OC)cc3)c(=O)c2c1C. The van der Waals surface area contributed by atoms with Gasteiger partial charge >= 0.3 is 5.97 Å². The minimum atomic E-state index is -0.420. The van der Waals surface area contributed by atoms with Gasteiger partial charge in [0.05, 0.1) is 36.6 Å². The van der Waals surface area contributed by atoms with E-state index in [0.29, 0.717) is 33.3 Å². The minimum absolute atomic E-state index is 0.280. The zero-order valence-corrected chi connectivity index (χ0v) is 15.2. The van der Waals surface area contributed by atoms with E-state index in [1.54, 1.807) is 57.5 Å². The third-order valence-corrected chi connectivity index (χ3v) is 4.32. The summed E-state index contributed by atoms with van der Waals surface area (Å²) < 4.78 is 11.6. The van der Waals surface area contributed by atoms with Crippen LogP contribution < -0.4 is 10.3 Å². The first-order valence-corrected chi connectivity index (χ1v) is 8.31. The van der Waals surface area contributed by atoms with E-state index < -0.39 is 5.97 Å². The van der Waals surface area contributed by atoms with E-state index in [-0.39, 0.29) is 12.2 Å². The smallest absolute Gasteiger partial charge is 0.338 e. The Hall–Kier alpha value is -3.15. The molecule has 3 aromatic rings. The van der Waals surface area contributed by atoms with Gasteiger partial charge in [0.25, 0.3) is 5.56 Å². The summed E-state index contributed by atoms with van der Waals surface area (Å²) in [6.45, 7) is 5.63. The van der Waals surface area contributed by atoms with E-state index in [9.17, 15) is 9.59 Å². The fourth-order valence-electron chi connectivity index (χ4n) is 3.10. The average Bonchev–Trinajstić information content (AvgIpc) is 2.62. The van der Waals surface area contributed by atoms with Gasteiger partial charge in [0, 0.05) is 5.39 Å². The second-order valence-corrected chi connectivity index (χ2v) is 5.94. The van der Waals surface area contributed by atoms with Crippen molar-refractivity contribution in [3.05, 3.63) is 63.6 Å². The van der Waals surface area contributed by atoms with E-state index in [0.717, 1.165) is 5.56 Å². The highest BCUT2D eigenvalue weighted by Gasteiger charge is 2.19. The first-order valence-electron chi connectivity index (χ1n) is 8.31. The van der Waals surface area contributed by atoms with Gasteiger partial charge in [-0.15, -0.1) is 0 Å². The molecule has 0 aliphatic rings. The van der Waals surface area contributed by atoms with Crippen molar-refractivity contribution in [3.8, 4) is 11.4 Å². The first kappa shape index (κ1) is 17.7. The summed E-state index contributed by atoms with van der Waals surface area (Å²) in [5.74, 6) is 0.274. The number of aromatic nitrogens is 2. The number of fused-ring (bicyclic) bond motifs is 1. The Balaban J connectivity index is 2.24. The summed E-state index contributed by atoms with van der Waals surface area (Å²) in [5.41, 5.74) is 2.14. The molecule has 0 bridgehead atoms. The highest BCUT2D eigenvalue weighted by Crippen LogP contribution is 2.24. The van der Waals surface area contributed by atoms with Crippen LogP contribution in [0.4, 0.5) is 0 Å². The minimum Gasteiger partial charge on any atom is -0.497 e. The zero-order chi connectivity index (χ0) is 18.8. The van der Waals surface area contributed by atoms with Crippen molar-refractivity contribution in [1.29, 1.82) is 0 Å². The molecule has 0 saturated heterocycles. The summed E-state index contributed by atoms with van der Waals surface area (Å²) >= 11 is 0. The molecule has 3 rings (SSSR count). The van der Waals surface area contributed by atoms with Crippen LogP contribution in [-0.2, 0) is 4.74 Å². The Morgan fingerprint density at radius 3 is 2.50 bits per heavy atom. The van der Waals surface area contributed by atoms with Gasteiger partial charge in [-0.05, 0) is 62.2 Å². The number of benzene rings is 2. The van der Waals surface area contributed by atoms with Crippen molar-refractivity contribution in [2.24, 2.45) is 0 Å². The van der Waals surface area contributed by atoms with Crippen molar-refractivity contribution < 1.29 is 14.3 Å². The van der Waals surface area contributed by atoms with Gasteiger partial charge < -0.3 is 9.47 Å². The van der Waals surface area contributed by atoms with Crippen molar-refractivity contribution in [1.82, 2.24) is 9.78 Å². The molecular formula is C20H20N2O4. The lowest BCUT2D eigenvalue weighted by molar-refractivity contribution is 0.0525. The first-order chi connectivity index (χ1) is 12.5. The summed E-state index contributed by atoms with van der Waals surface area (Å²) in [4.78, 5) is 25.4. The Morgan fingerprint density at radius 2 is 1.88 bits per heavy atom. The number of hydrogen-bond donors (Lipinski definition) is 0. The third-order valence-electron chi connectivity index (χ3n) is 4.32. The molecule has 6 heteroatoms. The number of ether oxygens (including phenoxy) is 2. The van der Waals surface area contributed by atoms with E-state index in [2.05, 4.69) is 5.10 Å². The Bertz CT molecular complexity index is 1040. The van der Waals surface area contributed by atoms with Crippen LogP contribution in [0.5, 0.6) is 5.75 Å². The van der Waals surface area contributed by atoms with Crippen LogP contribution in [-0.4, -0.2) is 29.5 Å². The number of hydrogen-bond acceptors (Lipinski definition) is 5. The molecule has 2 aromatic carbocycles. The fraction of sp³-hybridized carbons (Fsp3) is 0.250. The van der Waals surface area contributed by atoms with Crippen molar-refractivity contribution >= 4 is 16.7 Å². The zero-order valence-electron chi connectivity index (χ0n) is 15.2. The topological polar surface area (TPSA) is 70.4 Å². The summed E-state index contributed by atoms with van der Waals surface area (Å²) in [6, 6.07) is 8.84. The van der Waals surface area contributed by atoms with Gasteiger partial charge in [-0.2, -0.15) is 9.78 Å². The lowest BCUT2D eigenvalue weighted by atomic mass is 9.97. The quantitative estimate of drug-likeness (QED) is 0.675. The Kier molecular flexibility index (Phi) is 4.75. The number of methoxy groups -OCH3 is 1. The van der Waals surface area contributed by atoms with E-state index in [1.807, 2.05) is 6.92 Å². The maximum Gasteiger partial charge on any atom is 0.338 e. The third kappa shape index (κ3) is 2.94. The molecule has 6 nitrogen and oxygen atoms in total. The van der Waals surface area contributed by atoms with Gasteiger partial charge in [0.1, 0.15) is 5.75 Å². The number of rotatable bonds is 4. The van der Waals surface area contributed by atoms with Crippen molar-refractivity contribution in [3.63, 3.8) is 0 Å². The molecule has 1 aromatic heterocycles. The summed E-state index contributed by atoms with van der Waals surface area (Å²) in [5, 5.41) is 5.43. The molecule has 134 valence electrons. The fourth-order valence-corrected chi connectivity index (χ4v) is 3.10. The van der Waals surface area contributed by atoms with Gasteiger partial charge in [-0.25, -0.2) is 4.79 Å². The van der Waals surface area contributed by atoms with E-state index in [4.69, 9.17) is 9.47 Å². The number of carbonyl (C=O) groups is 1. The molecule has 0 amide bonds. The summed E-state index contributed by atoms with van der Waals surface area (Å²) in [6.07, 6.45) is 1.63. The highest BCUT2D eigenvalue weighted by molar-refractivity contribution is 5.99. The standard InChI is InChI=1S/C20H20N2O4/c1-5-26-20(24)17-12(2)10-14-11-21-22(19(23)18(14)13(17)3)15-6-8-16(25-4)9-7-15/h6-11H,5H2,1-4H3. The maximum atomic E-state index is 13.1. The second-order valence-electron chi connectivity index (χ2n) is 5.94. The average molecular weight is 352 g/mol. The maximum absolute atomic E-state index is 13.1. The summed E-state index contributed by atoms with van der Waals surface area (Å²) in [7, 11) is 1.58. The molecule has 0 aliphatic heterocycles. The van der Waals surface area contributed by atoms with Crippen LogP contribution >= 0.6 is 0 Å². The lowest BCUT2D eigenvalue weighted by Crippen LogP contribution is -2.23. The number of carbonyl (C=O) groups excluding carboxylic acids is 1. The molecule has 1 heterocycles. The van der Waals surface area contributed by atoms with E-state index in [1.165, 1.54) is 4.68 Å². The molecule has 0 fully saturated rings. The molecule has 0 spiro atoms. The van der Waals surface area contributed by atoms with Crippen LogP contribution in [0.1, 0.15) is 28.4 Å². The molecule has 0 unspecified atom stereocenters. The lowest BCUT2D eigenvalue weighted by Gasteiger charge is -2.13. The normalized spacial score (nSPS) is 10.8. The van der Waals surface area contributed by atoms with Crippen molar-refractivity contribution in [2.45, 2.75) is 20.8 Å². The molecule has 0 N–H and O–H groups in total. The molecule has 0 atom stereocenters. The van der Waals surface area contributed by atoms with Crippen LogP contribution in [0.25, 0.3) is 16.5 Å². The van der Waals surface area contributed by atoms with Gasteiger partial charge in [-0.3, -0.25) is 4.79 Å². The molecule has 0 saturated carbocycles. The number of esters is 1. The Morgan fingerprint density at radius 1 is 1.19 bits per heavy atom. The largest absolute Gasteiger partial charge is 0.497 e. The van der Waals surface area contributed by atoms with Gasteiger partial charge in [0.2, 0.25) is 0 Å².